The zero-order chi connectivity index (χ0) is 26.9. The molecule has 0 saturated carbocycles. The molecule has 0 fully saturated rings. The first kappa shape index (κ1) is 27.9. The van der Waals surface area contributed by atoms with E-state index in [1.807, 2.05) is 36.6 Å². The van der Waals surface area contributed by atoms with Crippen LogP contribution < -0.4 is 33.2 Å². The molecule has 37 heavy (non-hydrogen) atoms. The van der Waals surface area contributed by atoms with Crippen LogP contribution in [0.25, 0.3) is 11.3 Å². The van der Waals surface area contributed by atoms with Crippen molar-refractivity contribution >= 4 is 17.0 Å². The SMILES string of the molecule is COCCN=c1scc(-c2cc(OC)c(OC)c(OC)c2)n1N=C(C)c1cc(OC)c(OC)c(OC)c1. The molecule has 0 bridgehead atoms. The number of rotatable bonds is 12. The summed E-state index contributed by atoms with van der Waals surface area (Å²) in [6, 6.07) is 7.47. The number of benzene rings is 2. The Morgan fingerprint density at radius 1 is 0.757 bits per heavy atom. The Labute approximate surface area is 220 Å². The third-order valence-corrected chi connectivity index (χ3v) is 6.37. The van der Waals surface area contributed by atoms with Crippen molar-refractivity contribution in [3.63, 3.8) is 0 Å². The number of aromatic nitrogens is 1. The Balaban J connectivity index is 2.23. The molecule has 0 unspecified atom stereocenters. The predicted molar refractivity (Wildman–Crippen MR) is 143 cm³/mol. The van der Waals surface area contributed by atoms with Crippen molar-refractivity contribution < 1.29 is 33.2 Å². The second-order valence-electron chi connectivity index (χ2n) is 7.60. The minimum Gasteiger partial charge on any atom is -0.493 e. The summed E-state index contributed by atoms with van der Waals surface area (Å²) >= 11 is 1.47. The molecule has 0 aliphatic heterocycles. The summed E-state index contributed by atoms with van der Waals surface area (Å²) in [6.45, 7) is 2.89. The van der Waals surface area contributed by atoms with Gasteiger partial charge in [-0.25, -0.2) is 4.68 Å². The molecule has 2 aromatic carbocycles. The molecule has 3 aromatic rings. The normalized spacial score (nSPS) is 11.9. The van der Waals surface area contributed by atoms with E-state index in [1.54, 1.807) is 54.4 Å². The summed E-state index contributed by atoms with van der Waals surface area (Å²) in [5.74, 6) is 3.18. The van der Waals surface area contributed by atoms with Crippen molar-refractivity contribution in [1.29, 1.82) is 0 Å². The summed E-state index contributed by atoms with van der Waals surface area (Å²) in [5, 5.41) is 6.93. The van der Waals surface area contributed by atoms with Gasteiger partial charge in [-0.1, -0.05) is 0 Å². The zero-order valence-corrected chi connectivity index (χ0v) is 23.2. The third kappa shape index (κ3) is 6.00. The Hall–Kier alpha value is -3.70. The molecule has 0 radical (unpaired) electrons. The van der Waals surface area contributed by atoms with Crippen LogP contribution in [0.5, 0.6) is 34.5 Å². The quantitative estimate of drug-likeness (QED) is 0.257. The van der Waals surface area contributed by atoms with Gasteiger partial charge in [-0.15, -0.1) is 11.3 Å². The van der Waals surface area contributed by atoms with Crippen LogP contribution in [0.2, 0.25) is 0 Å². The largest absolute Gasteiger partial charge is 0.493 e. The van der Waals surface area contributed by atoms with Crippen LogP contribution in [0, 0.1) is 0 Å². The second-order valence-corrected chi connectivity index (χ2v) is 8.44. The van der Waals surface area contributed by atoms with Crippen LogP contribution in [0.4, 0.5) is 0 Å². The topological polar surface area (TPSA) is 94.3 Å². The number of methoxy groups -OCH3 is 7. The van der Waals surface area contributed by atoms with E-state index >= 15 is 0 Å². The number of ether oxygens (including phenoxy) is 7. The van der Waals surface area contributed by atoms with Crippen molar-refractivity contribution in [3.05, 3.63) is 40.0 Å². The summed E-state index contributed by atoms with van der Waals surface area (Å²) in [7, 11) is 11.1. The number of thiazole rings is 1. The summed E-state index contributed by atoms with van der Waals surface area (Å²) < 4.78 is 40.1. The van der Waals surface area contributed by atoms with E-state index in [0.717, 1.165) is 16.8 Å². The zero-order valence-electron chi connectivity index (χ0n) is 22.4. The Morgan fingerprint density at radius 3 is 1.73 bits per heavy atom. The fourth-order valence-electron chi connectivity index (χ4n) is 3.66. The van der Waals surface area contributed by atoms with Gasteiger partial charge in [0.2, 0.25) is 16.3 Å². The highest BCUT2D eigenvalue weighted by Crippen LogP contribution is 2.41. The van der Waals surface area contributed by atoms with Crippen LogP contribution in [0.3, 0.4) is 0 Å². The lowest BCUT2D eigenvalue weighted by Gasteiger charge is -2.15. The number of nitrogens with zero attached hydrogens (tertiary/aromatic N) is 3. The van der Waals surface area contributed by atoms with Crippen LogP contribution >= 0.6 is 11.3 Å². The van der Waals surface area contributed by atoms with Crippen LogP contribution in [0.1, 0.15) is 12.5 Å². The van der Waals surface area contributed by atoms with Gasteiger partial charge < -0.3 is 33.2 Å². The van der Waals surface area contributed by atoms with Gasteiger partial charge in [0, 0.05) is 23.6 Å². The number of hydrogen-bond acceptors (Lipinski definition) is 10. The van der Waals surface area contributed by atoms with Crippen LogP contribution in [-0.2, 0) is 4.74 Å². The van der Waals surface area contributed by atoms with Crippen molar-refractivity contribution in [1.82, 2.24) is 4.68 Å². The average Bonchev–Trinajstić information content (AvgIpc) is 3.33. The molecule has 0 N–H and O–H groups in total. The molecule has 3 rings (SSSR count). The maximum absolute atomic E-state index is 5.56. The molecule has 0 atom stereocenters. The van der Waals surface area contributed by atoms with Crippen molar-refractivity contribution in [2.24, 2.45) is 10.1 Å². The predicted octanol–water partition coefficient (Wildman–Crippen LogP) is 4.09. The van der Waals surface area contributed by atoms with Gasteiger partial charge in [-0.05, 0) is 31.2 Å². The summed E-state index contributed by atoms with van der Waals surface area (Å²) in [6.07, 6.45) is 0. The van der Waals surface area contributed by atoms with Gasteiger partial charge in [0.05, 0.1) is 67.2 Å². The van der Waals surface area contributed by atoms with Gasteiger partial charge in [0.15, 0.2) is 23.0 Å². The molecule has 11 heteroatoms. The van der Waals surface area contributed by atoms with Crippen molar-refractivity contribution in [2.45, 2.75) is 6.92 Å². The van der Waals surface area contributed by atoms with E-state index < -0.39 is 0 Å². The molecule has 0 aliphatic rings. The molecule has 1 aromatic heterocycles. The van der Waals surface area contributed by atoms with Gasteiger partial charge in [-0.2, -0.15) is 5.10 Å². The van der Waals surface area contributed by atoms with Gasteiger partial charge in [0.1, 0.15) is 0 Å². The molecule has 0 aliphatic carbocycles. The first-order chi connectivity index (χ1) is 18.0. The fourth-order valence-corrected chi connectivity index (χ4v) is 4.52. The van der Waals surface area contributed by atoms with Gasteiger partial charge in [0.25, 0.3) is 0 Å². The molecular formula is C26H33N3O7S. The van der Waals surface area contributed by atoms with Gasteiger partial charge in [-0.3, -0.25) is 4.99 Å². The first-order valence-electron chi connectivity index (χ1n) is 11.3. The maximum atomic E-state index is 5.56. The first-order valence-corrected chi connectivity index (χ1v) is 12.2. The molecule has 200 valence electrons. The monoisotopic (exact) mass is 531 g/mol. The lowest BCUT2D eigenvalue weighted by Crippen LogP contribution is -2.15. The van der Waals surface area contributed by atoms with E-state index in [2.05, 4.69) is 0 Å². The third-order valence-electron chi connectivity index (χ3n) is 5.52. The molecule has 0 spiro atoms. The van der Waals surface area contributed by atoms with E-state index in [1.165, 1.54) is 11.3 Å². The summed E-state index contributed by atoms with van der Waals surface area (Å²) in [5.41, 5.74) is 3.12. The van der Waals surface area contributed by atoms with E-state index in [4.69, 9.17) is 43.3 Å². The number of hydrogen-bond donors (Lipinski definition) is 0. The molecule has 0 amide bonds. The Kier molecular flexibility index (Phi) is 9.81. The lowest BCUT2D eigenvalue weighted by atomic mass is 10.1. The smallest absolute Gasteiger partial charge is 0.206 e. The van der Waals surface area contributed by atoms with Crippen LogP contribution in [0.15, 0.2) is 39.7 Å². The molecule has 10 nitrogen and oxygen atoms in total. The minimum absolute atomic E-state index is 0.491. The highest BCUT2D eigenvalue weighted by molar-refractivity contribution is 7.07. The minimum atomic E-state index is 0.491. The highest BCUT2D eigenvalue weighted by Gasteiger charge is 2.18. The van der Waals surface area contributed by atoms with Crippen molar-refractivity contribution in [3.8, 4) is 45.8 Å². The average molecular weight is 532 g/mol. The van der Waals surface area contributed by atoms with Crippen LogP contribution in [-0.4, -0.2) is 73.3 Å². The summed E-state index contributed by atoms with van der Waals surface area (Å²) in [4.78, 5) is 5.40. The highest BCUT2D eigenvalue weighted by atomic mass is 32.1. The maximum Gasteiger partial charge on any atom is 0.206 e. The molecule has 1 heterocycles. The van der Waals surface area contributed by atoms with E-state index in [0.29, 0.717) is 58.2 Å². The van der Waals surface area contributed by atoms with Crippen molar-refractivity contribution in [2.75, 3.05) is 62.9 Å². The Bertz CT molecular complexity index is 1260. The molecular weight excluding hydrogens is 498 g/mol. The van der Waals surface area contributed by atoms with Gasteiger partial charge >= 0.3 is 0 Å². The Morgan fingerprint density at radius 2 is 1.27 bits per heavy atom. The molecule has 0 saturated heterocycles. The van der Waals surface area contributed by atoms with E-state index in [-0.39, 0.29) is 0 Å². The standard InChI is InChI=1S/C26H33N3O7S/c1-16(17-11-20(31-3)24(35-7)21(12-17)32-4)28-29-19(15-37-26(29)27-9-10-30-2)18-13-22(33-5)25(36-8)23(14-18)34-6/h11-15H,9-10H2,1-8H3. The second kappa shape index (κ2) is 13.0. The lowest BCUT2D eigenvalue weighted by molar-refractivity contribution is 0.207. The fraction of sp³-hybridized carbons (Fsp3) is 0.385. The van der Waals surface area contributed by atoms with E-state index in [9.17, 15) is 0 Å².